The first kappa shape index (κ1) is 15.2. The summed E-state index contributed by atoms with van der Waals surface area (Å²) in [5.41, 5.74) is 0.0608. The average Bonchev–Trinajstić information content (AvgIpc) is 2.45. The Kier molecular flexibility index (Phi) is 3.85. The van der Waals surface area contributed by atoms with Crippen molar-refractivity contribution in [2.24, 2.45) is 0 Å². The van der Waals surface area contributed by atoms with Crippen LogP contribution in [0.4, 0.5) is 13.2 Å². The topological polar surface area (TPSA) is 34.1 Å². The number of Topliss-reactive ketones (excluding diaryl/α,β-unsaturated/α-hetero) is 2. The molecule has 21 heavy (non-hydrogen) atoms. The fraction of sp³-hybridized carbons (Fsp3) is 0.250. The van der Waals surface area contributed by atoms with Crippen LogP contribution in [0.15, 0.2) is 43.0 Å². The molecular weight excluding hydrogens is 281 g/mol. The summed E-state index contributed by atoms with van der Waals surface area (Å²) >= 11 is 0. The molecule has 1 aromatic rings. The molecule has 0 saturated heterocycles. The molecule has 0 radical (unpaired) electrons. The number of ketones is 2. The van der Waals surface area contributed by atoms with E-state index in [1.807, 2.05) is 0 Å². The lowest BCUT2D eigenvalue weighted by molar-refractivity contribution is -0.172. The third-order valence-corrected chi connectivity index (χ3v) is 3.66. The number of fused-ring (bicyclic) bond motifs is 1. The highest BCUT2D eigenvalue weighted by molar-refractivity contribution is 6.07. The minimum Gasteiger partial charge on any atom is -0.298 e. The SMILES string of the molecule is C=CC1(C(=O)CC(=O)C(F)(F)F)CC=Cc2ccccc21. The summed E-state index contributed by atoms with van der Waals surface area (Å²) in [6.07, 6.45) is -1.12. The van der Waals surface area contributed by atoms with Crippen molar-refractivity contribution in [3.63, 3.8) is 0 Å². The van der Waals surface area contributed by atoms with E-state index in [1.54, 1.807) is 36.4 Å². The Bertz CT molecular complexity index is 629. The van der Waals surface area contributed by atoms with E-state index in [1.165, 1.54) is 6.08 Å². The number of hydrogen-bond acceptors (Lipinski definition) is 2. The molecule has 0 saturated carbocycles. The maximum Gasteiger partial charge on any atom is 0.450 e. The van der Waals surface area contributed by atoms with E-state index in [-0.39, 0.29) is 6.42 Å². The van der Waals surface area contributed by atoms with Gasteiger partial charge in [-0.1, -0.05) is 42.5 Å². The van der Waals surface area contributed by atoms with Crippen LogP contribution in [0.5, 0.6) is 0 Å². The van der Waals surface area contributed by atoms with Crippen molar-refractivity contribution in [2.75, 3.05) is 0 Å². The molecule has 2 nitrogen and oxygen atoms in total. The molecular formula is C16H13F3O2. The highest BCUT2D eigenvalue weighted by atomic mass is 19.4. The fourth-order valence-electron chi connectivity index (χ4n) is 2.51. The van der Waals surface area contributed by atoms with E-state index in [4.69, 9.17) is 0 Å². The second kappa shape index (κ2) is 5.31. The van der Waals surface area contributed by atoms with Gasteiger partial charge in [-0.2, -0.15) is 13.2 Å². The van der Waals surface area contributed by atoms with Crippen molar-refractivity contribution < 1.29 is 22.8 Å². The van der Waals surface area contributed by atoms with Gasteiger partial charge in [-0.25, -0.2) is 0 Å². The van der Waals surface area contributed by atoms with Gasteiger partial charge in [-0.15, -0.1) is 6.58 Å². The molecule has 110 valence electrons. The molecule has 0 heterocycles. The highest BCUT2D eigenvalue weighted by Gasteiger charge is 2.45. The smallest absolute Gasteiger partial charge is 0.298 e. The second-order valence-corrected chi connectivity index (χ2v) is 4.89. The number of hydrogen-bond donors (Lipinski definition) is 0. The summed E-state index contributed by atoms with van der Waals surface area (Å²) in [4.78, 5) is 23.4. The van der Waals surface area contributed by atoms with Gasteiger partial charge in [0.15, 0.2) is 5.78 Å². The van der Waals surface area contributed by atoms with Gasteiger partial charge < -0.3 is 0 Å². The Hall–Kier alpha value is -2.17. The van der Waals surface area contributed by atoms with Gasteiger partial charge in [0.25, 0.3) is 0 Å². The normalized spacial score (nSPS) is 20.7. The Morgan fingerprint density at radius 2 is 1.95 bits per heavy atom. The molecule has 5 heteroatoms. The number of carbonyl (C=O) groups is 2. The van der Waals surface area contributed by atoms with Crippen LogP contribution in [0, 0.1) is 0 Å². The maximum atomic E-state index is 12.4. The molecule has 0 bridgehead atoms. The van der Waals surface area contributed by atoms with Crippen molar-refractivity contribution in [1.29, 1.82) is 0 Å². The van der Waals surface area contributed by atoms with Crippen LogP contribution in [0.3, 0.4) is 0 Å². The summed E-state index contributed by atoms with van der Waals surface area (Å²) in [6.45, 7) is 3.60. The van der Waals surface area contributed by atoms with E-state index in [0.29, 0.717) is 5.56 Å². The first-order valence-corrected chi connectivity index (χ1v) is 6.34. The highest BCUT2D eigenvalue weighted by Crippen LogP contribution is 2.39. The fourth-order valence-corrected chi connectivity index (χ4v) is 2.51. The van der Waals surface area contributed by atoms with Crippen LogP contribution in [-0.2, 0) is 15.0 Å². The molecule has 0 amide bonds. The Morgan fingerprint density at radius 3 is 2.57 bits per heavy atom. The standard InChI is InChI=1S/C16H13F3O2/c1-2-15(13(20)10-14(21)16(17,18)19)9-5-7-11-6-3-4-8-12(11)15/h2-8H,1,9-10H2. The largest absolute Gasteiger partial charge is 0.450 e. The van der Waals surface area contributed by atoms with Crippen LogP contribution < -0.4 is 0 Å². The minimum atomic E-state index is -5.00. The Balaban J connectivity index is 2.40. The van der Waals surface area contributed by atoms with Crippen molar-refractivity contribution >= 4 is 17.6 Å². The number of rotatable bonds is 4. The number of allylic oxidation sites excluding steroid dienone is 2. The van der Waals surface area contributed by atoms with Gasteiger partial charge in [-0.05, 0) is 17.5 Å². The molecule has 1 aliphatic rings. The lowest BCUT2D eigenvalue weighted by Crippen LogP contribution is -2.38. The van der Waals surface area contributed by atoms with Crippen molar-refractivity contribution in [3.8, 4) is 0 Å². The monoisotopic (exact) mass is 294 g/mol. The van der Waals surface area contributed by atoms with Crippen molar-refractivity contribution in [2.45, 2.75) is 24.4 Å². The number of carbonyl (C=O) groups excluding carboxylic acids is 2. The predicted molar refractivity (Wildman–Crippen MR) is 72.7 cm³/mol. The van der Waals surface area contributed by atoms with Crippen LogP contribution in [0.1, 0.15) is 24.0 Å². The maximum absolute atomic E-state index is 12.4. The lowest BCUT2D eigenvalue weighted by atomic mass is 9.69. The van der Waals surface area contributed by atoms with E-state index >= 15 is 0 Å². The second-order valence-electron chi connectivity index (χ2n) is 4.89. The number of benzene rings is 1. The van der Waals surface area contributed by atoms with Crippen molar-refractivity contribution in [1.82, 2.24) is 0 Å². The van der Waals surface area contributed by atoms with Crippen LogP contribution in [0.2, 0.25) is 0 Å². The van der Waals surface area contributed by atoms with E-state index in [9.17, 15) is 22.8 Å². The molecule has 0 aliphatic heterocycles. The minimum absolute atomic E-state index is 0.206. The van der Waals surface area contributed by atoms with Gasteiger partial charge >= 0.3 is 6.18 Å². The zero-order valence-electron chi connectivity index (χ0n) is 11.1. The van der Waals surface area contributed by atoms with Gasteiger partial charge in [0.2, 0.25) is 5.78 Å². The molecule has 1 atom stereocenters. The summed E-state index contributed by atoms with van der Waals surface area (Å²) in [5.74, 6) is -2.81. The van der Waals surface area contributed by atoms with E-state index in [2.05, 4.69) is 6.58 Å². The summed E-state index contributed by atoms with van der Waals surface area (Å²) in [7, 11) is 0. The van der Waals surface area contributed by atoms with Crippen molar-refractivity contribution in [3.05, 3.63) is 54.1 Å². The predicted octanol–water partition coefficient (Wildman–Crippen LogP) is 3.62. The summed E-state index contributed by atoms with van der Waals surface area (Å²) < 4.78 is 37.1. The van der Waals surface area contributed by atoms with Gasteiger partial charge in [-0.3, -0.25) is 9.59 Å². The first-order valence-electron chi connectivity index (χ1n) is 6.34. The third kappa shape index (κ3) is 2.68. The molecule has 0 fully saturated rings. The average molecular weight is 294 g/mol. The van der Waals surface area contributed by atoms with Crippen LogP contribution in [-0.4, -0.2) is 17.7 Å². The Labute approximate surface area is 120 Å². The first-order chi connectivity index (χ1) is 9.81. The molecule has 2 rings (SSSR count). The third-order valence-electron chi connectivity index (χ3n) is 3.66. The van der Waals surface area contributed by atoms with Gasteiger partial charge in [0, 0.05) is 0 Å². The lowest BCUT2D eigenvalue weighted by Gasteiger charge is -2.32. The van der Waals surface area contributed by atoms with Gasteiger partial charge in [0.05, 0.1) is 11.8 Å². The quantitative estimate of drug-likeness (QED) is 0.628. The molecule has 1 aromatic carbocycles. The summed E-state index contributed by atoms with van der Waals surface area (Å²) in [6, 6.07) is 6.92. The summed E-state index contributed by atoms with van der Waals surface area (Å²) in [5, 5.41) is 0. The van der Waals surface area contributed by atoms with Crippen LogP contribution >= 0.6 is 0 Å². The molecule has 0 spiro atoms. The molecule has 0 aromatic heterocycles. The van der Waals surface area contributed by atoms with Crippen LogP contribution in [0.25, 0.3) is 6.08 Å². The molecule has 1 aliphatic carbocycles. The van der Waals surface area contributed by atoms with E-state index < -0.39 is 29.6 Å². The van der Waals surface area contributed by atoms with E-state index in [0.717, 1.165) is 5.56 Å². The number of halogens is 3. The van der Waals surface area contributed by atoms with Gasteiger partial charge in [0.1, 0.15) is 0 Å². The zero-order chi connectivity index (χ0) is 15.7. The Morgan fingerprint density at radius 1 is 1.29 bits per heavy atom. The number of alkyl halides is 3. The molecule has 1 unspecified atom stereocenters. The molecule has 0 N–H and O–H groups in total. The zero-order valence-corrected chi connectivity index (χ0v) is 11.1.